The minimum absolute atomic E-state index is 0.0147. The van der Waals surface area contributed by atoms with Gasteiger partial charge in [0.05, 0.1) is 17.5 Å². The molecule has 0 aliphatic carbocycles. The fourth-order valence-electron chi connectivity index (χ4n) is 5.60. The summed E-state index contributed by atoms with van der Waals surface area (Å²) in [6.45, 7) is 0. The molecule has 2 aliphatic heterocycles. The molecule has 0 aromatic heterocycles. The van der Waals surface area contributed by atoms with Gasteiger partial charge in [-0.25, -0.2) is 19.6 Å². The summed E-state index contributed by atoms with van der Waals surface area (Å²) in [6, 6.07) is 29.2. The lowest BCUT2D eigenvalue weighted by Gasteiger charge is -2.33. The van der Waals surface area contributed by atoms with Crippen LogP contribution in [-0.4, -0.2) is 44.0 Å². The molecule has 2 amide bonds. The highest BCUT2D eigenvalue weighted by Gasteiger charge is 2.56. The number of hydrazine groups is 1. The number of carbonyl (C=O) groups is 4. The standard InChI is InChI=1S/C31H23N2O6P/c34-26-18-19-10-4-5-13-21(19)27(35)33-29(23-15-7-9-17-25(23)31(38)39)40(20-11-2-1-3-12-20)28(32(26)33)22-14-6-8-16-24(22)30(36)37/h1-17,28-29H,18H2,(H,36,37)(H,38,39). The molecule has 4 aromatic carbocycles. The molecule has 2 N–H and O–H groups in total. The van der Waals surface area contributed by atoms with Crippen molar-refractivity contribution in [2.24, 2.45) is 0 Å². The highest BCUT2D eigenvalue weighted by atomic mass is 31.1. The molecule has 3 unspecified atom stereocenters. The van der Waals surface area contributed by atoms with Crippen LogP contribution < -0.4 is 5.30 Å². The van der Waals surface area contributed by atoms with Gasteiger partial charge in [0.1, 0.15) is 11.6 Å². The Morgan fingerprint density at radius 3 is 1.75 bits per heavy atom. The first kappa shape index (κ1) is 25.5. The number of aromatic carboxylic acids is 2. The number of hydrogen-bond acceptors (Lipinski definition) is 4. The number of amides is 2. The number of carboxylic acid groups (broad SMARTS) is 2. The summed E-state index contributed by atoms with van der Waals surface area (Å²) < 4.78 is 0. The number of hydrogen-bond donors (Lipinski definition) is 2. The molecule has 198 valence electrons. The van der Waals surface area contributed by atoms with Crippen molar-refractivity contribution in [1.82, 2.24) is 10.0 Å². The normalized spacial score (nSPS) is 20.1. The van der Waals surface area contributed by atoms with Gasteiger partial charge in [0.25, 0.3) is 5.91 Å². The van der Waals surface area contributed by atoms with E-state index in [1.807, 2.05) is 30.3 Å². The molecular formula is C31H23N2O6P. The van der Waals surface area contributed by atoms with E-state index in [-0.39, 0.29) is 23.5 Å². The maximum absolute atomic E-state index is 14.4. The van der Waals surface area contributed by atoms with Crippen molar-refractivity contribution in [1.29, 1.82) is 0 Å². The molecule has 0 spiro atoms. The maximum atomic E-state index is 14.4. The third-order valence-corrected chi connectivity index (χ3v) is 10.2. The zero-order valence-corrected chi connectivity index (χ0v) is 21.9. The predicted molar refractivity (Wildman–Crippen MR) is 148 cm³/mol. The van der Waals surface area contributed by atoms with Crippen LogP contribution in [0.4, 0.5) is 0 Å². The smallest absolute Gasteiger partial charge is 0.336 e. The van der Waals surface area contributed by atoms with Gasteiger partial charge in [-0.2, -0.15) is 0 Å². The van der Waals surface area contributed by atoms with Crippen LogP contribution in [0.2, 0.25) is 0 Å². The van der Waals surface area contributed by atoms with Gasteiger partial charge in [-0.3, -0.25) is 9.59 Å². The second-order valence-corrected chi connectivity index (χ2v) is 11.8. The molecule has 3 atom stereocenters. The van der Waals surface area contributed by atoms with Crippen LogP contribution >= 0.6 is 7.92 Å². The van der Waals surface area contributed by atoms with E-state index < -0.39 is 37.3 Å². The van der Waals surface area contributed by atoms with E-state index in [0.29, 0.717) is 22.3 Å². The summed E-state index contributed by atoms with van der Waals surface area (Å²) in [5.41, 5.74) is 1.71. The summed E-state index contributed by atoms with van der Waals surface area (Å²) in [4.78, 5) is 53.3. The van der Waals surface area contributed by atoms with E-state index in [9.17, 15) is 29.4 Å². The summed E-state index contributed by atoms with van der Waals surface area (Å²) in [7, 11) is -1.62. The number of nitrogens with zero attached hydrogens (tertiary/aromatic N) is 2. The van der Waals surface area contributed by atoms with Crippen molar-refractivity contribution in [3.8, 4) is 0 Å². The molecule has 1 fully saturated rings. The topological polar surface area (TPSA) is 115 Å². The van der Waals surface area contributed by atoms with Gasteiger partial charge in [-0.05, 0) is 48.1 Å². The van der Waals surface area contributed by atoms with Crippen LogP contribution in [0.25, 0.3) is 0 Å². The molecule has 40 heavy (non-hydrogen) atoms. The quantitative estimate of drug-likeness (QED) is 0.337. The van der Waals surface area contributed by atoms with Crippen LogP contribution in [0.1, 0.15) is 59.3 Å². The largest absolute Gasteiger partial charge is 0.478 e. The predicted octanol–water partition coefficient (Wildman–Crippen LogP) is 5.04. The molecule has 0 saturated carbocycles. The molecule has 8 nitrogen and oxygen atoms in total. The number of fused-ring (bicyclic) bond motifs is 2. The second kappa shape index (κ2) is 10.1. The van der Waals surface area contributed by atoms with Crippen molar-refractivity contribution < 1.29 is 29.4 Å². The number of carboxylic acids is 2. The van der Waals surface area contributed by atoms with E-state index in [2.05, 4.69) is 0 Å². The molecule has 9 heteroatoms. The van der Waals surface area contributed by atoms with Gasteiger partial charge in [-0.1, -0.05) is 84.9 Å². The van der Waals surface area contributed by atoms with E-state index in [1.54, 1.807) is 60.7 Å². The highest BCUT2D eigenvalue weighted by Crippen LogP contribution is 2.70. The Hall–Kier alpha value is -4.81. The summed E-state index contributed by atoms with van der Waals surface area (Å²) in [6.07, 6.45) is -0.0601. The highest BCUT2D eigenvalue weighted by molar-refractivity contribution is 7.66. The maximum Gasteiger partial charge on any atom is 0.336 e. The molecule has 0 bridgehead atoms. The van der Waals surface area contributed by atoms with E-state index in [0.717, 1.165) is 5.30 Å². The lowest BCUT2D eigenvalue weighted by molar-refractivity contribution is -0.144. The molecule has 6 rings (SSSR count). The Kier molecular flexibility index (Phi) is 6.40. The fourth-order valence-corrected chi connectivity index (χ4v) is 8.93. The Morgan fingerprint density at radius 1 is 0.650 bits per heavy atom. The van der Waals surface area contributed by atoms with E-state index >= 15 is 0 Å². The van der Waals surface area contributed by atoms with E-state index in [1.165, 1.54) is 22.2 Å². The zero-order chi connectivity index (χ0) is 28.0. The van der Waals surface area contributed by atoms with Crippen molar-refractivity contribution in [2.75, 3.05) is 0 Å². The monoisotopic (exact) mass is 550 g/mol. The van der Waals surface area contributed by atoms with Gasteiger partial charge in [-0.15, -0.1) is 0 Å². The van der Waals surface area contributed by atoms with Crippen molar-refractivity contribution in [3.63, 3.8) is 0 Å². The molecule has 1 saturated heterocycles. The molecule has 2 heterocycles. The summed E-state index contributed by atoms with van der Waals surface area (Å²) >= 11 is 0. The zero-order valence-electron chi connectivity index (χ0n) is 21.0. The van der Waals surface area contributed by atoms with Gasteiger partial charge < -0.3 is 10.2 Å². The molecular weight excluding hydrogens is 527 g/mol. The Bertz CT molecular complexity index is 1670. The summed E-state index contributed by atoms with van der Waals surface area (Å²) in [5, 5.41) is 23.9. The lowest BCUT2D eigenvalue weighted by atomic mass is 10.0. The van der Waals surface area contributed by atoms with Gasteiger partial charge >= 0.3 is 11.9 Å². The molecule has 0 radical (unpaired) electrons. The third kappa shape index (κ3) is 4.05. The second-order valence-electron chi connectivity index (χ2n) is 9.50. The van der Waals surface area contributed by atoms with Crippen LogP contribution in [0.3, 0.4) is 0 Å². The van der Waals surface area contributed by atoms with Gasteiger partial charge in [0, 0.05) is 5.56 Å². The molecule has 2 aliphatic rings. The number of benzene rings is 4. The van der Waals surface area contributed by atoms with Gasteiger partial charge in [0.2, 0.25) is 5.91 Å². The Morgan fingerprint density at radius 2 is 1.15 bits per heavy atom. The van der Waals surface area contributed by atoms with Crippen molar-refractivity contribution >= 4 is 37.0 Å². The van der Waals surface area contributed by atoms with E-state index in [4.69, 9.17) is 0 Å². The first-order valence-corrected chi connectivity index (χ1v) is 14.1. The third-order valence-electron chi connectivity index (χ3n) is 7.27. The van der Waals surface area contributed by atoms with Crippen LogP contribution in [0.15, 0.2) is 103 Å². The van der Waals surface area contributed by atoms with Crippen LogP contribution in [-0.2, 0) is 11.2 Å². The van der Waals surface area contributed by atoms with Crippen molar-refractivity contribution in [2.45, 2.75) is 18.0 Å². The SMILES string of the molecule is O=C(O)c1ccccc1C1N2C(=O)Cc3ccccc3C(=O)N2C(c2ccccc2C(=O)O)P1c1ccccc1. The van der Waals surface area contributed by atoms with Crippen LogP contribution in [0.5, 0.6) is 0 Å². The average Bonchev–Trinajstić information content (AvgIpc) is 3.28. The Balaban J connectivity index is 1.70. The summed E-state index contributed by atoms with van der Waals surface area (Å²) in [5.74, 6) is -4.83. The van der Waals surface area contributed by atoms with Crippen LogP contribution in [0, 0.1) is 0 Å². The molecule has 4 aromatic rings. The minimum atomic E-state index is -1.62. The minimum Gasteiger partial charge on any atom is -0.478 e. The average molecular weight is 551 g/mol. The fraction of sp³-hybridized carbons (Fsp3) is 0.0968. The Labute approximate surface area is 230 Å². The lowest BCUT2D eigenvalue weighted by Crippen LogP contribution is -2.45. The number of rotatable bonds is 5. The van der Waals surface area contributed by atoms with Gasteiger partial charge in [0.15, 0.2) is 0 Å². The first-order chi connectivity index (χ1) is 19.4. The first-order valence-electron chi connectivity index (χ1n) is 12.6. The number of carbonyl (C=O) groups excluding carboxylic acids is 2. The van der Waals surface area contributed by atoms with Crippen molar-refractivity contribution in [3.05, 3.63) is 137 Å².